The molecule has 0 aliphatic carbocycles. The lowest BCUT2D eigenvalue weighted by Gasteiger charge is -2.40. The standard InChI is InChI=1S/C21H25NO4/c1-3-17(20(23)24)22(18(4-2)21(25)26)19(15-11-7-5-8-12-15)16-13-9-6-10-14-16/h5-14,17-19H,3-4H2,1-2H3,(H,23,24)(H,25,26). The van der Waals surface area contributed by atoms with Gasteiger partial charge in [-0.25, -0.2) is 0 Å². The van der Waals surface area contributed by atoms with E-state index >= 15 is 0 Å². The topological polar surface area (TPSA) is 77.8 Å². The molecule has 5 nitrogen and oxygen atoms in total. The molecule has 2 aromatic rings. The van der Waals surface area contributed by atoms with Crippen molar-refractivity contribution in [3.63, 3.8) is 0 Å². The molecule has 0 aliphatic heterocycles. The molecule has 2 N–H and O–H groups in total. The lowest BCUT2D eigenvalue weighted by atomic mass is 9.92. The Hall–Kier alpha value is -2.66. The molecular weight excluding hydrogens is 330 g/mol. The Morgan fingerprint density at radius 1 is 0.769 bits per heavy atom. The number of hydrogen-bond donors (Lipinski definition) is 2. The highest BCUT2D eigenvalue weighted by molar-refractivity contribution is 5.78. The highest BCUT2D eigenvalue weighted by atomic mass is 16.4. The van der Waals surface area contributed by atoms with Gasteiger partial charge in [-0.15, -0.1) is 0 Å². The van der Waals surface area contributed by atoms with Crippen molar-refractivity contribution >= 4 is 11.9 Å². The first-order valence-corrected chi connectivity index (χ1v) is 8.84. The minimum Gasteiger partial charge on any atom is -0.480 e. The van der Waals surface area contributed by atoms with E-state index in [0.717, 1.165) is 11.1 Å². The van der Waals surface area contributed by atoms with Gasteiger partial charge in [0.1, 0.15) is 12.1 Å². The monoisotopic (exact) mass is 355 g/mol. The zero-order valence-electron chi connectivity index (χ0n) is 15.1. The second-order valence-electron chi connectivity index (χ2n) is 6.20. The number of hydrogen-bond acceptors (Lipinski definition) is 3. The summed E-state index contributed by atoms with van der Waals surface area (Å²) >= 11 is 0. The van der Waals surface area contributed by atoms with Gasteiger partial charge in [-0.2, -0.15) is 0 Å². The van der Waals surface area contributed by atoms with Crippen LogP contribution in [0.1, 0.15) is 43.9 Å². The van der Waals surface area contributed by atoms with Crippen LogP contribution in [0.3, 0.4) is 0 Å². The molecule has 0 aliphatic rings. The first kappa shape index (κ1) is 19.7. The van der Waals surface area contributed by atoms with Crippen LogP contribution in [0.5, 0.6) is 0 Å². The van der Waals surface area contributed by atoms with Crippen LogP contribution in [0, 0.1) is 0 Å². The Labute approximate surface area is 153 Å². The molecule has 0 spiro atoms. The van der Waals surface area contributed by atoms with Crippen LogP contribution in [0.4, 0.5) is 0 Å². The zero-order valence-corrected chi connectivity index (χ0v) is 15.1. The summed E-state index contributed by atoms with van der Waals surface area (Å²) < 4.78 is 0. The van der Waals surface area contributed by atoms with E-state index in [1.165, 1.54) is 0 Å². The van der Waals surface area contributed by atoms with Crippen molar-refractivity contribution in [3.8, 4) is 0 Å². The molecule has 5 heteroatoms. The fourth-order valence-electron chi connectivity index (χ4n) is 3.41. The van der Waals surface area contributed by atoms with Gasteiger partial charge in [0, 0.05) is 0 Å². The molecule has 26 heavy (non-hydrogen) atoms. The van der Waals surface area contributed by atoms with Crippen LogP contribution in [0.15, 0.2) is 60.7 Å². The Balaban J connectivity index is 2.68. The summed E-state index contributed by atoms with van der Waals surface area (Å²) in [6.07, 6.45) is 0.630. The average Bonchev–Trinajstić information content (AvgIpc) is 2.64. The van der Waals surface area contributed by atoms with E-state index in [9.17, 15) is 19.8 Å². The molecule has 0 saturated heterocycles. The summed E-state index contributed by atoms with van der Waals surface area (Å²) in [4.78, 5) is 25.5. The van der Waals surface area contributed by atoms with E-state index in [1.807, 2.05) is 60.7 Å². The van der Waals surface area contributed by atoms with Gasteiger partial charge in [0.05, 0.1) is 6.04 Å². The van der Waals surface area contributed by atoms with Gasteiger partial charge < -0.3 is 10.2 Å². The first-order valence-electron chi connectivity index (χ1n) is 8.84. The third kappa shape index (κ3) is 4.29. The van der Waals surface area contributed by atoms with Crippen LogP contribution in [0.2, 0.25) is 0 Å². The zero-order chi connectivity index (χ0) is 19.1. The number of nitrogens with zero attached hydrogens (tertiary/aromatic N) is 1. The third-order valence-corrected chi connectivity index (χ3v) is 4.59. The molecule has 2 rings (SSSR count). The summed E-state index contributed by atoms with van der Waals surface area (Å²) in [6, 6.07) is 16.7. The van der Waals surface area contributed by atoms with Gasteiger partial charge in [-0.3, -0.25) is 14.5 Å². The summed E-state index contributed by atoms with van der Waals surface area (Å²) in [6.45, 7) is 3.54. The number of carbonyl (C=O) groups is 2. The Morgan fingerprint density at radius 3 is 1.38 bits per heavy atom. The Bertz CT molecular complexity index is 656. The van der Waals surface area contributed by atoms with Gasteiger partial charge in [0.25, 0.3) is 0 Å². The highest BCUT2D eigenvalue weighted by Gasteiger charge is 2.39. The fourth-order valence-corrected chi connectivity index (χ4v) is 3.41. The normalized spacial score (nSPS) is 13.5. The Morgan fingerprint density at radius 2 is 1.12 bits per heavy atom. The second kappa shape index (κ2) is 9.15. The molecule has 138 valence electrons. The smallest absolute Gasteiger partial charge is 0.320 e. The van der Waals surface area contributed by atoms with Crippen molar-refractivity contribution in [2.45, 2.75) is 44.8 Å². The molecule has 0 fully saturated rings. The van der Waals surface area contributed by atoms with Crippen molar-refractivity contribution < 1.29 is 19.8 Å². The van der Waals surface area contributed by atoms with Gasteiger partial charge in [-0.05, 0) is 24.0 Å². The molecule has 0 heterocycles. The van der Waals surface area contributed by atoms with Crippen molar-refractivity contribution in [2.75, 3.05) is 0 Å². The maximum atomic E-state index is 11.9. The molecule has 2 aromatic carbocycles. The molecule has 0 saturated carbocycles. The predicted molar refractivity (Wildman–Crippen MR) is 100.0 cm³/mol. The molecule has 2 unspecified atom stereocenters. The largest absolute Gasteiger partial charge is 0.480 e. The van der Waals surface area contributed by atoms with E-state index in [4.69, 9.17) is 0 Å². The lowest BCUT2D eigenvalue weighted by Crippen LogP contribution is -2.52. The lowest BCUT2D eigenvalue weighted by molar-refractivity contribution is -0.152. The number of carboxylic acid groups (broad SMARTS) is 2. The maximum absolute atomic E-state index is 11.9. The highest BCUT2D eigenvalue weighted by Crippen LogP contribution is 2.34. The Kier molecular flexibility index (Phi) is 6.92. The number of aliphatic carboxylic acids is 2. The molecule has 2 atom stereocenters. The summed E-state index contributed by atoms with van der Waals surface area (Å²) in [5.74, 6) is -2.02. The number of benzene rings is 2. The van der Waals surface area contributed by atoms with Crippen molar-refractivity contribution in [1.82, 2.24) is 4.90 Å². The molecule has 0 aromatic heterocycles. The van der Waals surface area contributed by atoms with Crippen LogP contribution >= 0.6 is 0 Å². The third-order valence-electron chi connectivity index (χ3n) is 4.59. The number of carboxylic acids is 2. The summed E-state index contributed by atoms with van der Waals surface area (Å²) in [5.41, 5.74) is 1.75. The van der Waals surface area contributed by atoms with Crippen molar-refractivity contribution in [1.29, 1.82) is 0 Å². The minimum absolute atomic E-state index is 0.315. The van der Waals surface area contributed by atoms with Crippen LogP contribution < -0.4 is 0 Å². The number of rotatable bonds is 9. The first-order chi connectivity index (χ1) is 12.5. The minimum atomic E-state index is -1.01. The quantitative estimate of drug-likeness (QED) is 0.715. The average molecular weight is 355 g/mol. The summed E-state index contributed by atoms with van der Waals surface area (Å²) in [5, 5.41) is 19.6. The second-order valence-corrected chi connectivity index (χ2v) is 6.20. The molecular formula is C21H25NO4. The molecule has 0 amide bonds. The van der Waals surface area contributed by atoms with E-state index in [0.29, 0.717) is 12.8 Å². The van der Waals surface area contributed by atoms with Gasteiger partial charge in [-0.1, -0.05) is 74.5 Å². The van der Waals surface area contributed by atoms with Crippen LogP contribution in [-0.2, 0) is 9.59 Å². The maximum Gasteiger partial charge on any atom is 0.320 e. The van der Waals surface area contributed by atoms with E-state index in [-0.39, 0.29) is 0 Å². The molecule has 0 radical (unpaired) electrons. The molecule has 0 bridgehead atoms. The van der Waals surface area contributed by atoms with Gasteiger partial charge >= 0.3 is 11.9 Å². The van der Waals surface area contributed by atoms with Gasteiger partial charge in [0.2, 0.25) is 0 Å². The summed E-state index contributed by atoms with van der Waals surface area (Å²) in [7, 11) is 0. The SMILES string of the molecule is CCC(C(=O)O)N(C(CC)C(=O)O)C(c1ccccc1)c1ccccc1. The fraction of sp³-hybridized carbons (Fsp3) is 0.333. The van der Waals surface area contributed by atoms with Crippen LogP contribution in [-0.4, -0.2) is 39.1 Å². The van der Waals surface area contributed by atoms with Crippen LogP contribution in [0.25, 0.3) is 0 Å². The van der Waals surface area contributed by atoms with Crippen molar-refractivity contribution in [2.24, 2.45) is 0 Å². The van der Waals surface area contributed by atoms with E-state index in [2.05, 4.69) is 0 Å². The van der Waals surface area contributed by atoms with Crippen molar-refractivity contribution in [3.05, 3.63) is 71.8 Å². The van der Waals surface area contributed by atoms with E-state index in [1.54, 1.807) is 18.7 Å². The predicted octanol–water partition coefficient (Wildman–Crippen LogP) is 3.80. The van der Waals surface area contributed by atoms with Gasteiger partial charge in [0.15, 0.2) is 0 Å². The van der Waals surface area contributed by atoms with E-state index < -0.39 is 30.1 Å².